The zero-order valence-corrected chi connectivity index (χ0v) is 9.29. The molecule has 1 saturated heterocycles. The molecule has 2 fully saturated rings. The first-order valence-electron chi connectivity index (χ1n) is 5.10. The summed E-state index contributed by atoms with van der Waals surface area (Å²) in [6.07, 6.45) is 9.05. The lowest BCUT2D eigenvalue weighted by Gasteiger charge is -2.19. The van der Waals surface area contributed by atoms with Gasteiger partial charge in [-0.1, -0.05) is 12.2 Å². The zero-order chi connectivity index (χ0) is 8.67. The Labute approximate surface area is 88.2 Å². The summed E-state index contributed by atoms with van der Waals surface area (Å²) in [5.41, 5.74) is 1.78. The van der Waals surface area contributed by atoms with Gasteiger partial charge in [-0.3, -0.25) is 0 Å². The summed E-state index contributed by atoms with van der Waals surface area (Å²) in [6.45, 7) is 0. The molecular formula is C11H14S2. The fourth-order valence-corrected chi connectivity index (χ4v) is 5.27. The van der Waals surface area contributed by atoms with E-state index in [9.17, 15) is 0 Å². The van der Waals surface area contributed by atoms with Crippen LogP contribution < -0.4 is 0 Å². The van der Waals surface area contributed by atoms with Crippen molar-refractivity contribution in [1.82, 2.24) is 0 Å². The van der Waals surface area contributed by atoms with Crippen LogP contribution in [0.3, 0.4) is 0 Å². The Kier molecular flexibility index (Phi) is 2.22. The van der Waals surface area contributed by atoms with Crippen LogP contribution in [0.2, 0.25) is 0 Å². The van der Waals surface area contributed by atoms with Crippen LogP contribution in [0.1, 0.15) is 19.3 Å². The maximum atomic E-state index is 2.44. The standard InChI is InChI=1S/C11H14S2/c1-4-12-11(13-5-1)10-7-8-2-3-9(10)6-8/h2-3,8-9H,1,4-7H2. The third kappa shape index (κ3) is 1.48. The molecule has 2 heteroatoms. The average molecular weight is 210 g/mol. The topological polar surface area (TPSA) is 0 Å². The molecule has 1 saturated carbocycles. The van der Waals surface area contributed by atoms with Gasteiger partial charge in [0.25, 0.3) is 0 Å². The first-order valence-corrected chi connectivity index (χ1v) is 7.07. The first kappa shape index (κ1) is 8.49. The fraction of sp³-hybridized carbons (Fsp3) is 0.636. The Balaban J connectivity index is 1.87. The molecule has 0 N–H and O–H groups in total. The summed E-state index contributed by atoms with van der Waals surface area (Å²) < 4.78 is 1.68. The minimum atomic E-state index is 0.832. The summed E-state index contributed by atoms with van der Waals surface area (Å²) >= 11 is 4.22. The van der Waals surface area contributed by atoms with E-state index < -0.39 is 0 Å². The van der Waals surface area contributed by atoms with Gasteiger partial charge in [0, 0.05) is 10.2 Å². The molecule has 3 rings (SSSR count). The van der Waals surface area contributed by atoms with Gasteiger partial charge in [-0.05, 0) is 42.3 Å². The molecule has 0 aromatic carbocycles. The molecule has 0 nitrogen and oxygen atoms in total. The number of hydrogen-bond donors (Lipinski definition) is 0. The van der Waals surface area contributed by atoms with Crippen molar-refractivity contribution in [3.8, 4) is 0 Å². The highest BCUT2D eigenvalue weighted by atomic mass is 32.2. The molecule has 70 valence electrons. The predicted molar refractivity (Wildman–Crippen MR) is 61.9 cm³/mol. The van der Waals surface area contributed by atoms with Crippen molar-refractivity contribution in [2.75, 3.05) is 11.5 Å². The smallest absolute Gasteiger partial charge is 0.0399 e. The molecule has 2 bridgehead atoms. The molecule has 13 heavy (non-hydrogen) atoms. The Morgan fingerprint density at radius 1 is 1.15 bits per heavy atom. The van der Waals surface area contributed by atoms with Crippen molar-refractivity contribution in [2.24, 2.45) is 11.8 Å². The second-order valence-electron chi connectivity index (χ2n) is 4.05. The molecule has 2 unspecified atom stereocenters. The van der Waals surface area contributed by atoms with Crippen LogP contribution in [0.4, 0.5) is 0 Å². The minimum Gasteiger partial charge on any atom is -0.119 e. The third-order valence-corrected chi connectivity index (χ3v) is 5.86. The second kappa shape index (κ2) is 3.39. The average Bonchev–Trinajstić information content (AvgIpc) is 2.80. The van der Waals surface area contributed by atoms with E-state index in [0.29, 0.717) is 0 Å². The van der Waals surface area contributed by atoms with Crippen molar-refractivity contribution in [1.29, 1.82) is 0 Å². The third-order valence-electron chi connectivity index (χ3n) is 3.12. The van der Waals surface area contributed by atoms with E-state index in [-0.39, 0.29) is 0 Å². The van der Waals surface area contributed by atoms with E-state index >= 15 is 0 Å². The largest absolute Gasteiger partial charge is 0.119 e. The summed E-state index contributed by atoms with van der Waals surface area (Å²) in [5, 5.41) is 0. The van der Waals surface area contributed by atoms with Crippen molar-refractivity contribution in [3.05, 3.63) is 22.0 Å². The zero-order valence-electron chi connectivity index (χ0n) is 7.66. The van der Waals surface area contributed by atoms with Crippen molar-refractivity contribution < 1.29 is 0 Å². The monoisotopic (exact) mass is 210 g/mol. The van der Waals surface area contributed by atoms with E-state index in [0.717, 1.165) is 11.8 Å². The van der Waals surface area contributed by atoms with Gasteiger partial charge < -0.3 is 0 Å². The lowest BCUT2D eigenvalue weighted by atomic mass is 10.0. The van der Waals surface area contributed by atoms with Gasteiger partial charge in [0.15, 0.2) is 0 Å². The van der Waals surface area contributed by atoms with Crippen LogP contribution in [-0.2, 0) is 0 Å². The Hall–Kier alpha value is 0.180. The SMILES string of the molecule is C1=CC2CC1CC2=C1SCCCS1. The van der Waals surface area contributed by atoms with Crippen molar-refractivity contribution in [2.45, 2.75) is 19.3 Å². The van der Waals surface area contributed by atoms with Gasteiger partial charge in [-0.2, -0.15) is 0 Å². The number of fused-ring (bicyclic) bond motifs is 2. The molecule has 2 atom stereocenters. The molecule has 0 aromatic heterocycles. The lowest BCUT2D eigenvalue weighted by molar-refractivity contribution is 0.693. The highest BCUT2D eigenvalue weighted by Gasteiger charge is 2.33. The maximum Gasteiger partial charge on any atom is 0.0399 e. The first-order chi connectivity index (χ1) is 6.43. The molecule has 0 spiro atoms. The van der Waals surface area contributed by atoms with Crippen LogP contribution in [0.25, 0.3) is 0 Å². The van der Waals surface area contributed by atoms with Gasteiger partial charge in [0.05, 0.1) is 0 Å². The highest BCUT2D eigenvalue weighted by molar-refractivity contribution is 8.22. The molecule has 1 heterocycles. The van der Waals surface area contributed by atoms with Crippen molar-refractivity contribution >= 4 is 23.5 Å². The van der Waals surface area contributed by atoms with Crippen LogP contribution in [0.15, 0.2) is 22.0 Å². The van der Waals surface area contributed by atoms with E-state index in [2.05, 4.69) is 35.7 Å². The fourth-order valence-electron chi connectivity index (χ4n) is 2.47. The van der Waals surface area contributed by atoms with Crippen LogP contribution in [-0.4, -0.2) is 11.5 Å². The van der Waals surface area contributed by atoms with E-state index in [1.54, 1.807) is 9.81 Å². The lowest BCUT2D eigenvalue weighted by Crippen LogP contribution is -1.99. The number of allylic oxidation sites excluding steroid dienone is 3. The summed E-state index contributed by atoms with van der Waals surface area (Å²) in [7, 11) is 0. The predicted octanol–water partition coefficient (Wildman–Crippen LogP) is 3.66. The van der Waals surface area contributed by atoms with Crippen LogP contribution in [0.5, 0.6) is 0 Å². The van der Waals surface area contributed by atoms with E-state index in [4.69, 9.17) is 0 Å². The number of thioether (sulfide) groups is 2. The van der Waals surface area contributed by atoms with Gasteiger partial charge in [-0.15, -0.1) is 23.5 Å². The Morgan fingerprint density at radius 2 is 2.00 bits per heavy atom. The van der Waals surface area contributed by atoms with Crippen molar-refractivity contribution in [3.63, 3.8) is 0 Å². The van der Waals surface area contributed by atoms with Gasteiger partial charge >= 0.3 is 0 Å². The van der Waals surface area contributed by atoms with Crippen LogP contribution >= 0.6 is 23.5 Å². The van der Waals surface area contributed by atoms with E-state index in [1.807, 2.05) is 0 Å². The molecule has 2 aliphatic carbocycles. The molecular weight excluding hydrogens is 196 g/mol. The molecule has 0 amide bonds. The molecule has 3 aliphatic rings. The normalized spacial score (nSPS) is 37.5. The van der Waals surface area contributed by atoms with Gasteiger partial charge in [0.1, 0.15) is 0 Å². The Bertz CT molecular complexity index is 270. The summed E-state index contributed by atoms with van der Waals surface area (Å²) in [4.78, 5) is 0. The minimum absolute atomic E-state index is 0.832. The summed E-state index contributed by atoms with van der Waals surface area (Å²) in [5.74, 6) is 4.44. The van der Waals surface area contributed by atoms with Crippen LogP contribution in [0, 0.1) is 11.8 Å². The Morgan fingerprint density at radius 3 is 2.62 bits per heavy atom. The molecule has 0 radical (unpaired) electrons. The number of hydrogen-bond acceptors (Lipinski definition) is 2. The van der Waals surface area contributed by atoms with Gasteiger partial charge in [0.2, 0.25) is 0 Å². The maximum absolute atomic E-state index is 2.44. The van der Waals surface area contributed by atoms with E-state index in [1.165, 1.54) is 30.8 Å². The second-order valence-corrected chi connectivity index (χ2v) is 6.52. The molecule has 0 aromatic rings. The quantitative estimate of drug-likeness (QED) is 0.560. The number of rotatable bonds is 0. The highest BCUT2D eigenvalue weighted by Crippen LogP contribution is 2.50. The molecule has 1 aliphatic heterocycles. The summed E-state index contributed by atoms with van der Waals surface area (Å²) in [6, 6.07) is 0. The van der Waals surface area contributed by atoms with Gasteiger partial charge in [-0.25, -0.2) is 0 Å².